The number of aromatic nitrogens is 3. The maximum Gasteiger partial charge on any atom is 0.490 e. The summed E-state index contributed by atoms with van der Waals surface area (Å²) < 4.78 is 53.4. The smallest absolute Gasteiger partial charge is 0.490 e. The van der Waals surface area contributed by atoms with E-state index in [1.165, 1.54) is 0 Å². The summed E-state index contributed by atoms with van der Waals surface area (Å²) in [6, 6.07) is 18.1. The monoisotopic (exact) mass is 583 g/mol. The van der Waals surface area contributed by atoms with Gasteiger partial charge >= 0.3 is 18.2 Å². The third kappa shape index (κ3) is 8.22. The quantitative estimate of drug-likeness (QED) is 0.171. The number of nitrogens with one attached hydrogen (secondary N) is 2. The number of hydrogen-bond donors (Lipinski definition) is 2. The summed E-state index contributed by atoms with van der Waals surface area (Å²) in [5, 5.41) is 10.3. The van der Waals surface area contributed by atoms with Gasteiger partial charge in [-0.05, 0) is 60.7 Å². The lowest BCUT2D eigenvalue weighted by molar-refractivity contribution is -0.200. The van der Waals surface area contributed by atoms with E-state index in [2.05, 4.69) is 25.5 Å². The molecule has 0 spiro atoms. The highest BCUT2D eigenvalue weighted by atomic mass is 19.4. The number of alkyl halides is 3. The van der Waals surface area contributed by atoms with Gasteiger partial charge in [0.25, 0.3) is 0 Å². The maximum atomic E-state index is 12.9. The van der Waals surface area contributed by atoms with Crippen molar-refractivity contribution in [3.63, 3.8) is 0 Å². The van der Waals surface area contributed by atoms with E-state index in [-0.39, 0.29) is 12.0 Å². The van der Waals surface area contributed by atoms with Crippen molar-refractivity contribution in [3.05, 3.63) is 84.8 Å². The Morgan fingerprint density at radius 1 is 0.833 bits per heavy atom. The molecule has 2 heterocycles. The van der Waals surface area contributed by atoms with Crippen LogP contribution in [0.3, 0.4) is 0 Å². The molecule has 0 aliphatic heterocycles. The molecule has 0 aliphatic rings. The lowest BCUT2D eigenvalue weighted by Gasteiger charge is -2.14. The lowest BCUT2D eigenvalue weighted by Crippen LogP contribution is -2.27. The Morgan fingerprint density at radius 3 is 2.07 bits per heavy atom. The van der Waals surface area contributed by atoms with E-state index in [0.29, 0.717) is 34.4 Å². The maximum absolute atomic E-state index is 12.9. The number of amides is 2. The highest BCUT2D eigenvalue weighted by molar-refractivity contribution is 5.99. The van der Waals surface area contributed by atoms with E-state index in [0.717, 1.165) is 5.69 Å². The van der Waals surface area contributed by atoms with Crippen molar-refractivity contribution in [1.29, 1.82) is 0 Å². The first-order chi connectivity index (χ1) is 19.9. The Morgan fingerprint density at radius 2 is 1.45 bits per heavy atom. The summed E-state index contributed by atoms with van der Waals surface area (Å²) in [5.41, 5.74) is 1.54. The van der Waals surface area contributed by atoms with Gasteiger partial charge in [0, 0.05) is 29.6 Å². The van der Waals surface area contributed by atoms with E-state index < -0.39 is 24.8 Å². The highest BCUT2D eigenvalue weighted by Crippen LogP contribution is 2.28. The van der Waals surface area contributed by atoms with Crippen molar-refractivity contribution in [2.24, 2.45) is 0 Å². The standard InChI is InChI=1S/C29H28F3N5O5/c1-28(2,3)24-18-25(35-27(39)34-19-4-8-22(9-5-19)42-23-12-14-33-15-13-23)37(36-24)20-6-10-21(11-7-20)40-16-17-41-26(38)29(30,31)32/h4-15,18H,16-17H2,1-3H3,(H2,34,35,39). The molecule has 13 heteroatoms. The number of carbonyl (C=O) groups excluding carboxylic acids is 2. The Balaban J connectivity index is 1.40. The van der Waals surface area contributed by atoms with E-state index in [4.69, 9.17) is 9.47 Å². The number of ether oxygens (including phenoxy) is 3. The largest absolute Gasteiger partial charge is 0.490 e. The zero-order valence-electron chi connectivity index (χ0n) is 22.9. The average Bonchev–Trinajstić information content (AvgIpc) is 3.37. The number of pyridine rings is 1. The van der Waals surface area contributed by atoms with Crippen molar-refractivity contribution in [2.45, 2.75) is 32.4 Å². The van der Waals surface area contributed by atoms with Crippen LogP contribution in [0.15, 0.2) is 79.1 Å². The first-order valence-corrected chi connectivity index (χ1v) is 12.7. The molecule has 4 aromatic rings. The zero-order valence-corrected chi connectivity index (χ0v) is 22.9. The first-order valence-electron chi connectivity index (χ1n) is 12.7. The van der Waals surface area contributed by atoms with Crippen LogP contribution < -0.4 is 20.1 Å². The SMILES string of the molecule is CC(C)(C)c1cc(NC(=O)Nc2ccc(Oc3ccncc3)cc2)n(-c2ccc(OCCOC(=O)C(F)(F)F)cc2)n1. The van der Waals surface area contributed by atoms with Gasteiger partial charge in [-0.1, -0.05) is 20.8 Å². The van der Waals surface area contributed by atoms with Crippen molar-refractivity contribution in [2.75, 3.05) is 23.8 Å². The first kappa shape index (κ1) is 29.9. The van der Waals surface area contributed by atoms with Crippen LogP contribution in [0.4, 0.5) is 29.5 Å². The summed E-state index contributed by atoms with van der Waals surface area (Å²) in [7, 11) is 0. The second-order valence-electron chi connectivity index (χ2n) is 9.94. The number of urea groups is 1. The molecule has 42 heavy (non-hydrogen) atoms. The van der Waals surface area contributed by atoms with Crippen molar-refractivity contribution < 1.29 is 37.0 Å². The van der Waals surface area contributed by atoms with E-state index >= 15 is 0 Å². The molecule has 0 saturated carbocycles. The zero-order chi connectivity index (χ0) is 30.3. The molecule has 0 saturated heterocycles. The van der Waals surface area contributed by atoms with Gasteiger partial charge in [0.05, 0.1) is 11.4 Å². The molecule has 220 valence electrons. The van der Waals surface area contributed by atoms with Crippen molar-refractivity contribution >= 4 is 23.5 Å². The van der Waals surface area contributed by atoms with Gasteiger partial charge < -0.3 is 19.5 Å². The molecule has 0 atom stereocenters. The molecule has 2 aromatic heterocycles. The number of carbonyl (C=O) groups is 2. The Hall–Kier alpha value is -5.07. The predicted octanol–water partition coefficient (Wildman–Crippen LogP) is 6.49. The molecule has 0 radical (unpaired) electrons. The number of halogens is 3. The van der Waals surface area contributed by atoms with Crippen LogP contribution in [-0.2, 0) is 14.9 Å². The topological polar surface area (TPSA) is 117 Å². The van der Waals surface area contributed by atoms with Crippen LogP contribution in [0.2, 0.25) is 0 Å². The van der Waals surface area contributed by atoms with E-state index in [1.54, 1.807) is 83.8 Å². The van der Waals surface area contributed by atoms with Crippen LogP contribution in [0, 0.1) is 0 Å². The minimum absolute atomic E-state index is 0.263. The molecule has 10 nitrogen and oxygen atoms in total. The molecule has 0 unspecified atom stereocenters. The van der Waals surface area contributed by atoms with Gasteiger partial charge in [-0.25, -0.2) is 14.3 Å². The second kappa shape index (κ2) is 12.6. The van der Waals surface area contributed by atoms with E-state index in [1.807, 2.05) is 20.8 Å². The van der Waals surface area contributed by atoms with Crippen LogP contribution in [0.1, 0.15) is 26.5 Å². The minimum Gasteiger partial charge on any atom is -0.490 e. The number of esters is 1. The third-order valence-corrected chi connectivity index (χ3v) is 5.61. The average molecular weight is 584 g/mol. The summed E-state index contributed by atoms with van der Waals surface area (Å²) in [5.74, 6) is -0.297. The lowest BCUT2D eigenvalue weighted by atomic mass is 9.92. The number of anilines is 2. The minimum atomic E-state index is -5.06. The molecule has 2 amide bonds. The van der Waals surface area contributed by atoms with Crippen LogP contribution in [0.25, 0.3) is 5.69 Å². The molecule has 4 rings (SSSR count). The van der Waals surface area contributed by atoms with Gasteiger partial charge in [0.1, 0.15) is 36.3 Å². The Bertz CT molecular complexity index is 1500. The Kier molecular flexibility index (Phi) is 8.99. The number of rotatable bonds is 9. The Labute approximate surface area is 239 Å². The molecule has 2 aromatic carbocycles. The fourth-order valence-corrected chi connectivity index (χ4v) is 3.52. The van der Waals surface area contributed by atoms with Crippen LogP contribution in [-0.4, -0.2) is 46.2 Å². The molecule has 0 aliphatic carbocycles. The number of nitrogens with zero attached hydrogens (tertiary/aromatic N) is 3. The number of hydrogen-bond acceptors (Lipinski definition) is 7. The van der Waals surface area contributed by atoms with Crippen molar-refractivity contribution in [1.82, 2.24) is 14.8 Å². The second-order valence-corrected chi connectivity index (χ2v) is 9.94. The van der Waals surface area contributed by atoms with Gasteiger partial charge in [-0.15, -0.1) is 0 Å². The van der Waals surface area contributed by atoms with Gasteiger partial charge in [-0.2, -0.15) is 18.3 Å². The summed E-state index contributed by atoms with van der Waals surface area (Å²) in [4.78, 5) is 27.6. The normalized spacial score (nSPS) is 11.5. The summed E-state index contributed by atoms with van der Waals surface area (Å²) >= 11 is 0. The van der Waals surface area contributed by atoms with Crippen molar-refractivity contribution in [3.8, 4) is 22.9 Å². The summed E-state index contributed by atoms with van der Waals surface area (Å²) in [6.07, 6.45) is -1.81. The van der Waals surface area contributed by atoms with Crippen LogP contribution >= 0.6 is 0 Å². The summed E-state index contributed by atoms with van der Waals surface area (Å²) in [6.45, 7) is 5.14. The van der Waals surface area contributed by atoms with Gasteiger partial charge in [0.2, 0.25) is 0 Å². The van der Waals surface area contributed by atoms with Crippen LogP contribution in [0.5, 0.6) is 17.2 Å². The molecular weight excluding hydrogens is 555 g/mol. The van der Waals surface area contributed by atoms with E-state index in [9.17, 15) is 22.8 Å². The fourth-order valence-electron chi connectivity index (χ4n) is 3.52. The third-order valence-electron chi connectivity index (χ3n) is 5.61. The van der Waals surface area contributed by atoms with Gasteiger partial charge in [-0.3, -0.25) is 10.3 Å². The highest BCUT2D eigenvalue weighted by Gasteiger charge is 2.40. The fraction of sp³-hybridized carbons (Fsp3) is 0.241. The molecule has 0 fully saturated rings. The number of benzene rings is 2. The predicted molar refractivity (Wildman–Crippen MR) is 148 cm³/mol. The molecule has 2 N–H and O–H groups in total. The van der Waals surface area contributed by atoms with Gasteiger partial charge in [0.15, 0.2) is 0 Å². The molecular formula is C29H28F3N5O5. The molecule has 0 bridgehead atoms.